The van der Waals surface area contributed by atoms with Gasteiger partial charge in [-0.15, -0.1) is 11.3 Å². The van der Waals surface area contributed by atoms with Crippen LogP contribution in [-0.2, 0) is 19.4 Å². The Morgan fingerprint density at radius 3 is 2.64 bits per heavy atom. The molecule has 0 saturated carbocycles. The summed E-state index contributed by atoms with van der Waals surface area (Å²) in [5.74, 6) is 0.476. The number of carbonyl (C=O) groups is 1. The van der Waals surface area contributed by atoms with Gasteiger partial charge in [-0.2, -0.15) is 0 Å². The smallest absolute Gasteiger partial charge is 0.250 e. The molecule has 2 aromatic heterocycles. The van der Waals surface area contributed by atoms with Crippen molar-refractivity contribution in [3.8, 4) is 0 Å². The van der Waals surface area contributed by atoms with Crippen LogP contribution in [0.1, 0.15) is 38.8 Å². The molecule has 3 heterocycles. The maximum Gasteiger partial charge on any atom is 0.250 e. The van der Waals surface area contributed by atoms with E-state index in [1.807, 2.05) is 17.4 Å². The number of amides is 1. The van der Waals surface area contributed by atoms with Crippen LogP contribution in [0, 0.1) is 0 Å². The Labute approximate surface area is 151 Å². The van der Waals surface area contributed by atoms with Gasteiger partial charge < -0.3 is 10.6 Å². The number of aromatic nitrogens is 2. The van der Waals surface area contributed by atoms with Crippen molar-refractivity contribution in [1.29, 1.82) is 0 Å². The SMILES string of the molecule is NC(=O)c1ccc(N2CCN(Cc3nc4c(s3)CCCC4)CC2)nc1. The Balaban J connectivity index is 1.33. The minimum absolute atomic E-state index is 0.435. The van der Waals surface area contributed by atoms with Crippen molar-refractivity contribution in [2.24, 2.45) is 5.73 Å². The van der Waals surface area contributed by atoms with Gasteiger partial charge in [0.25, 0.3) is 0 Å². The van der Waals surface area contributed by atoms with Crippen molar-refractivity contribution in [1.82, 2.24) is 14.9 Å². The molecular formula is C18H23N5OS. The van der Waals surface area contributed by atoms with Crippen molar-refractivity contribution in [2.75, 3.05) is 31.1 Å². The summed E-state index contributed by atoms with van der Waals surface area (Å²) >= 11 is 1.91. The summed E-state index contributed by atoms with van der Waals surface area (Å²) in [7, 11) is 0. The highest BCUT2D eigenvalue weighted by atomic mass is 32.1. The van der Waals surface area contributed by atoms with Gasteiger partial charge in [0.2, 0.25) is 5.91 Å². The van der Waals surface area contributed by atoms with Gasteiger partial charge >= 0.3 is 0 Å². The zero-order valence-corrected chi connectivity index (χ0v) is 15.1. The lowest BCUT2D eigenvalue weighted by Crippen LogP contribution is -2.46. The van der Waals surface area contributed by atoms with Crippen molar-refractivity contribution in [3.63, 3.8) is 0 Å². The van der Waals surface area contributed by atoms with Crippen LogP contribution in [0.15, 0.2) is 18.3 Å². The summed E-state index contributed by atoms with van der Waals surface area (Å²) < 4.78 is 0. The average Bonchev–Trinajstić information content (AvgIpc) is 3.05. The average molecular weight is 357 g/mol. The molecule has 1 aliphatic carbocycles. The van der Waals surface area contributed by atoms with Crippen molar-refractivity contribution in [2.45, 2.75) is 32.2 Å². The largest absolute Gasteiger partial charge is 0.366 e. The van der Waals surface area contributed by atoms with Crippen LogP contribution in [0.2, 0.25) is 0 Å². The second-order valence-electron chi connectivity index (χ2n) is 6.72. The fourth-order valence-electron chi connectivity index (χ4n) is 3.52. The number of nitrogens with two attached hydrogens (primary N) is 1. The Bertz CT molecular complexity index is 726. The van der Waals surface area contributed by atoms with Crippen LogP contribution >= 0.6 is 11.3 Å². The summed E-state index contributed by atoms with van der Waals surface area (Å²) in [6, 6.07) is 3.63. The normalized spacial score (nSPS) is 18.2. The summed E-state index contributed by atoms with van der Waals surface area (Å²) in [5, 5.41) is 1.27. The van der Waals surface area contributed by atoms with E-state index in [1.54, 1.807) is 12.3 Å². The first-order valence-corrected chi connectivity index (χ1v) is 9.71. The van der Waals surface area contributed by atoms with Crippen LogP contribution in [0.25, 0.3) is 0 Å². The lowest BCUT2D eigenvalue weighted by molar-refractivity contribution is 0.1000. The van der Waals surface area contributed by atoms with Crippen LogP contribution in [0.3, 0.4) is 0 Å². The fourth-order valence-corrected chi connectivity index (χ4v) is 4.72. The van der Waals surface area contributed by atoms with Gasteiger partial charge in [0.15, 0.2) is 0 Å². The summed E-state index contributed by atoms with van der Waals surface area (Å²) in [6.07, 6.45) is 6.54. The number of pyridine rings is 1. The van der Waals surface area contributed by atoms with Gasteiger partial charge in [-0.25, -0.2) is 9.97 Å². The lowest BCUT2D eigenvalue weighted by atomic mass is 10.0. The first-order chi connectivity index (χ1) is 12.2. The highest BCUT2D eigenvalue weighted by Crippen LogP contribution is 2.27. The Kier molecular flexibility index (Phi) is 4.67. The van der Waals surface area contributed by atoms with Crippen LogP contribution in [0.5, 0.6) is 0 Å². The molecule has 0 spiro atoms. The third-order valence-electron chi connectivity index (χ3n) is 4.98. The number of hydrogen-bond acceptors (Lipinski definition) is 6. The second-order valence-corrected chi connectivity index (χ2v) is 7.89. The molecule has 1 saturated heterocycles. The molecule has 0 bridgehead atoms. The van der Waals surface area contributed by atoms with E-state index in [0.29, 0.717) is 5.56 Å². The molecular weight excluding hydrogens is 334 g/mol. The fraction of sp³-hybridized carbons (Fsp3) is 0.500. The third kappa shape index (κ3) is 3.67. The number of nitrogens with zero attached hydrogens (tertiary/aromatic N) is 4. The Hall–Kier alpha value is -1.99. The number of thiazole rings is 1. The number of aryl methyl sites for hydroxylation is 2. The highest BCUT2D eigenvalue weighted by molar-refractivity contribution is 7.11. The van der Waals surface area contributed by atoms with Crippen LogP contribution < -0.4 is 10.6 Å². The molecule has 1 aliphatic heterocycles. The summed E-state index contributed by atoms with van der Waals surface area (Å²) in [4.78, 5) is 26.6. The van der Waals surface area contributed by atoms with Gasteiger partial charge in [0.1, 0.15) is 10.8 Å². The molecule has 1 amide bonds. The molecule has 132 valence electrons. The molecule has 0 unspecified atom stereocenters. The van der Waals surface area contributed by atoms with E-state index < -0.39 is 5.91 Å². The van der Waals surface area contributed by atoms with E-state index in [4.69, 9.17) is 10.7 Å². The van der Waals surface area contributed by atoms with Gasteiger partial charge in [-0.05, 0) is 37.8 Å². The molecule has 0 radical (unpaired) electrons. The maximum atomic E-state index is 11.1. The second kappa shape index (κ2) is 7.09. The number of rotatable bonds is 4. The molecule has 0 atom stereocenters. The molecule has 2 aromatic rings. The van der Waals surface area contributed by atoms with Gasteiger partial charge in [0, 0.05) is 37.3 Å². The van der Waals surface area contributed by atoms with E-state index in [2.05, 4.69) is 14.8 Å². The summed E-state index contributed by atoms with van der Waals surface area (Å²) in [6.45, 7) is 4.84. The molecule has 0 aromatic carbocycles. The lowest BCUT2D eigenvalue weighted by Gasteiger charge is -2.35. The van der Waals surface area contributed by atoms with E-state index in [-0.39, 0.29) is 0 Å². The maximum absolute atomic E-state index is 11.1. The first kappa shape index (κ1) is 16.5. The van der Waals surface area contributed by atoms with Gasteiger partial charge in [0.05, 0.1) is 17.8 Å². The topological polar surface area (TPSA) is 75.4 Å². The predicted molar refractivity (Wildman–Crippen MR) is 99.0 cm³/mol. The predicted octanol–water partition coefficient (Wildman–Crippen LogP) is 1.84. The molecule has 2 aliphatic rings. The van der Waals surface area contributed by atoms with Crippen LogP contribution in [0.4, 0.5) is 5.82 Å². The van der Waals surface area contributed by atoms with Gasteiger partial charge in [-0.3, -0.25) is 9.69 Å². The van der Waals surface area contributed by atoms with Crippen molar-refractivity contribution in [3.05, 3.63) is 39.5 Å². The molecule has 4 rings (SSSR count). The molecule has 25 heavy (non-hydrogen) atoms. The van der Waals surface area contributed by atoms with Crippen molar-refractivity contribution >= 4 is 23.1 Å². The molecule has 2 N–H and O–H groups in total. The molecule has 6 nitrogen and oxygen atoms in total. The zero-order chi connectivity index (χ0) is 17.2. The van der Waals surface area contributed by atoms with Crippen LogP contribution in [-0.4, -0.2) is 47.0 Å². The number of fused-ring (bicyclic) bond motifs is 1. The Morgan fingerprint density at radius 1 is 1.16 bits per heavy atom. The highest BCUT2D eigenvalue weighted by Gasteiger charge is 2.21. The monoisotopic (exact) mass is 357 g/mol. The van der Waals surface area contributed by atoms with E-state index in [0.717, 1.165) is 45.0 Å². The number of carbonyl (C=O) groups excluding carboxylic acids is 1. The quantitative estimate of drug-likeness (QED) is 0.904. The minimum Gasteiger partial charge on any atom is -0.366 e. The first-order valence-electron chi connectivity index (χ1n) is 8.89. The standard InChI is InChI=1S/C18H23N5OS/c19-18(24)13-5-6-16(20-11-13)23-9-7-22(8-10-23)12-17-21-14-3-1-2-4-15(14)25-17/h5-6,11H,1-4,7-10,12H2,(H2,19,24). The number of hydrogen-bond donors (Lipinski definition) is 1. The molecule has 1 fully saturated rings. The number of primary amides is 1. The van der Waals surface area contributed by atoms with E-state index >= 15 is 0 Å². The minimum atomic E-state index is -0.435. The zero-order valence-electron chi connectivity index (χ0n) is 14.3. The van der Waals surface area contributed by atoms with E-state index in [9.17, 15) is 4.79 Å². The third-order valence-corrected chi connectivity index (χ3v) is 6.12. The number of anilines is 1. The van der Waals surface area contributed by atoms with Crippen molar-refractivity contribution < 1.29 is 4.79 Å². The molecule has 7 heteroatoms. The van der Waals surface area contributed by atoms with E-state index in [1.165, 1.54) is 34.8 Å². The Morgan fingerprint density at radius 2 is 1.96 bits per heavy atom. The summed E-state index contributed by atoms with van der Waals surface area (Å²) in [5.41, 5.74) is 7.07. The number of piperazine rings is 1. The van der Waals surface area contributed by atoms with Gasteiger partial charge in [-0.1, -0.05) is 0 Å².